The van der Waals surface area contributed by atoms with Crippen molar-refractivity contribution >= 4 is 17.5 Å². The van der Waals surface area contributed by atoms with Crippen LogP contribution in [-0.2, 0) is 15.0 Å². The van der Waals surface area contributed by atoms with Gasteiger partial charge in [0.15, 0.2) is 0 Å². The molecule has 1 aliphatic rings. The van der Waals surface area contributed by atoms with Crippen molar-refractivity contribution in [3.8, 4) is 0 Å². The third-order valence-corrected chi connectivity index (χ3v) is 5.51. The second kappa shape index (κ2) is 8.70. The smallest absolute Gasteiger partial charge is 0.227 e. The summed E-state index contributed by atoms with van der Waals surface area (Å²) < 4.78 is 0. The van der Waals surface area contributed by atoms with Crippen molar-refractivity contribution < 1.29 is 9.59 Å². The number of benzene rings is 1. The van der Waals surface area contributed by atoms with E-state index in [4.69, 9.17) is 0 Å². The molecule has 4 nitrogen and oxygen atoms in total. The molecular weight excluding hydrogens is 324 g/mol. The van der Waals surface area contributed by atoms with E-state index < -0.39 is 0 Å². The molecule has 2 rings (SSSR count). The molecule has 0 bridgehead atoms. The lowest BCUT2D eigenvalue weighted by atomic mass is 9.85. The first-order valence-corrected chi connectivity index (χ1v) is 9.97. The number of nitrogens with zero attached hydrogens (tertiary/aromatic N) is 1. The Bertz CT molecular complexity index is 621. The predicted molar refractivity (Wildman–Crippen MR) is 107 cm³/mol. The minimum Gasteiger partial charge on any atom is -0.342 e. The molecule has 0 unspecified atom stereocenters. The lowest BCUT2D eigenvalue weighted by molar-refractivity contribution is -0.138. The van der Waals surface area contributed by atoms with Gasteiger partial charge in [0.2, 0.25) is 11.8 Å². The molecule has 26 heavy (non-hydrogen) atoms. The minimum absolute atomic E-state index is 0.0189. The first-order valence-electron chi connectivity index (χ1n) is 9.97. The molecule has 1 heterocycles. The number of hydrogen-bond donors (Lipinski definition) is 1. The predicted octanol–water partition coefficient (Wildman–Crippen LogP) is 4.60. The summed E-state index contributed by atoms with van der Waals surface area (Å²) in [5, 5.41) is 3.13. The molecule has 4 heteroatoms. The summed E-state index contributed by atoms with van der Waals surface area (Å²) >= 11 is 0. The van der Waals surface area contributed by atoms with Crippen LogP contribution in [0.25, 0.3) is 0 Å². The molecule has 1 fully saturated rings. The summed E-state index contributed by atoms with van der Waals surface area (Å²) in [6.45, 7) is 12.0. The summed E-state index contributed by atoms with van der Waals surface area (Å²) in [5.41, 5.74) is 2.03. The Labute approximate surface area is 158 Å². The Morgan fingerprint density at radius 3 is 2.23 bits per heavy atom. The second-order valence-electron chi connectivity index (χ2n) is 8.40. The van der Waals surface area contributed by atoms with E-state index in [9.17, 15) is 9.59 Å². The van der Waals surface area contributed by atoms with Crippen molar-refractivity contribution in [3.05, 3.63) is 29.8 Å². The van der Waals surface area contributed by atoms with Gasteiger partial charge in [-0.1, -0.05) is 52.8 Å². The van der Waals surface area contributed by atoms with E-state index in [2.05, 4.69) is 46.0 Å². The number of carbonyl (C=O) groups excluding carboxylic acids is 2. The number of carbonyl (C=O) groups is 2. The highest BCUT2D eigenvalue weighted by Crippen LogP contribution is 2.30. The molecule has 1 aliphatic heterocycles. The van der Waals surface area contributed by atoms with Gasteiger partial charge in [0, 0.05) is 30.6 Å². The van der Waals surface area contributed by atoms with Gasteiger partial charge in [-0.15, -0.1) is 0 Å². The standard InChI is InChI=1S/C22H34N2O2/c1-6-16(7-2)21(26)24-14-12-17(13-15-24)20(25)23-19-11-9-8-10-18(19)22(3,4)5/h8-11,16-17H,6-7,12-15H2,1-5H3,(H,23,25). The van der Waals surface area contributed by atoms with E-state index in [-0.39, 0.29) is 29.1 Å². The van der Waals surface area contributed by atoms with Crippen LogP contribution in [0.5, 0.6) is 0 Å². The molecule has 2 amide bonds. The fourth-order valence-electron chi connectivity index (χ4n) is 3.74. The van der Waals surface area contributed by atoms with Gasteiger partial charge in [0.25, 0.3) is 0 Å². The van der Waals surface area contributed by atoms with E-state index in [0.29, 0.717) is 13.1 Å². The lowest BCUT2D eigenvalue weighted by Gasteiger charge is -2.33. The van der Waals surface area contributed by atoms with Crippen LogP contribution in [0.3, 0.4) is 0 Å². The lowest BCUT2D eigenvalue weighted by Crippen LogP contribution is -2.43. The third kappa shape index (κ3) is 4.87. The largest absolute Gasteiger partial charge is 0.342 e. The van der Waals surface area contributed by atoms with E-state index >= 15 is 0 Å². The highest BCUT2D eigenvalue weighted by molar-refractivity contribution is 5.93. The topological polar surface area (TPSA) is 49.4 Å². The average molecular weight is 359 g/mol. The molecule has 1 saturated heterocycles. The number of hydrogen-bond acceptors (Lipinski definition) is 2. The normalized spacial score (nSPS) is 16.0. The maximum absolute atomic E-state index is 12.8. The van der Waals surface area contributed by atoms with E-state index in [1.165, 1.54) is 0 Å². The first-order chi connectivity index (χ1) is 12.3. The van der Waals surface area contributed by atoms with Gasteiger partial charge >= 0.3 is 0 Å². The van der Waals surface area contributed by atoms with E-state index in [1.54, 1.807) is 0 Å². The molecule has 1 aromatic carbocycles. The molecule has 0 radical (unpaired) electrons. The fourth-order valence-corrected chi connectivity index (χ4v) is 3.74. The van der Waals surface area contributed by atoms with Crippen LogP contribution in [0.15, 0.2) is 24.3 Å². The average Bonchev–Trinajstić information content (AvgIpc) is 2.62. The summed E-state index contributed by atoms with van der Waals surface area (Å²) in [5.74, 6) is 0.441. The number of para-hydroxylation sites is 1. The zero-order valence-corrected chi connectivity index (χ0v) is 17.0. The Balaban J connectivity index is 1.97. The Morgan fingerprint density at radius 1 is 1.12 bits per heavy atom. The molecule has 0 spiro atoms. The summed E-state index contributed by atoms with van der Waals surface area (Å²) in [6, 6.07) is 8.02. The zero-order valence-electron chi connectivity index (χ0n) is 17.0. The molecule has 0 aromatic heterocycles. The summed E-state index contributed by atoms with van der Waals surface area (Å²) in [4.78, 5) is 27.2. The minimum atomic E-state index is -0.0197. The Morgan fingerprint density at radius 2 is 1.69 bits per heavy atom. The molecule has 0 saturated carbocycles. The quantitative estimate of drug-likeness (QED) is 0.836. The number of piperidine rings is 1. The van der Waals surface area contributed by atoms with Crippen LogP contribution in [0.2, 0.25) is 0 Å². The van der Waals surface area contributed by atoms with Gasteiger partial charge in [-0.25, -0.2) is 0 Å². The highest BCUT2D eigenvalue weighted by atomic mass is 16.2. The van der Waals surface area contributed by atoms with Crippen LogP contribution in [0.4, 0.5) is 5.69 Å². The van der Waals surface area contributed by atoms with Crippen LogP contribution >= 0.6 is 0 Å². The van der Waals surface area contributed by atoms with Gasteiger partial charge in [-0.05, 0) is 42.7 Å². The zero-order chi connectivity index (χ0) is 19.3. The van der Waals surface area contributed by atoms with Gasteiger partial charge in [-0.3, -0.25) is 9.59 Å². The SMILES string of the molecule is CCC(CC)C(=O)N1CCC(C(=O)Nc2ccccc2C(C)(C)C)CC1. The Kier molecular flexibility index (Phi) is 6.85. The van der Waals surface area contributed by atoms with Crippen molar-refractivity contribution in [3.63, 3.8) is 0 Å². The van der Waals surface area contributed by atoms with Crippen molar-refractivity contribution in [1.82, 2.24) is 4.90 Å². The monoisotopic (exact) mass is 358 g/mol. The van der Waals surface area contributed by atoms with E-state index in [0.717, 1.165) is 36.9 Å². The first kappa shape index (κ1) is 20.5. The molecule has 1 N–H and O–H groups in total. The highest BCUT2D eigenvalue weighted by Gasteiger charge is 2.30. The van der Waals surface area contributed by atoms with Crippen molar-refractivity contribution in [2.24, 2.45) is 11.8 Å². The van der Waals surface area contributed by atoms with Gasteiger partial charge < -0.3 is 10.2 Å². The van der Waals surface area contributed by atoms with Crippen molar-refractivity contribution in [2.75, 3.05) is 18.4 Å². The van der Waals surface area contributed by atoms with Crippen LogP contribution in [0, 0.1) is 11.8 Å². The fraction of sp³-hybridized carbons (Fsp3) is 0.636. The number of likely N-dealkylation sites (tertiary alicyclic amines) is 1. The number of amides is 2. The van der Waals surface area contributed by atoms with Crippen molar-refractivity contribution in [1.29, 1.82) is 0 Å². The van der Waals surface area contributed by atoms with Gasteiger partial charge in [0.1, 0.15) is 0 Å². The van der Waals surface area contributed by atoms with E-state index in [1.807, 2.05) is 23.1 Å². The molecule has 0 aliphatic carbocycles. The number of rotatable bonds is 5. The molecule has 0 atom stereocenters. The third-order valence-electron chi connectivity index (χ3n) is 5.51. The Hall–Kier alpha value is -1.84. The molecular formula is C22H34N2O2. The second-order valence-corrected chi connectivity index (χ2v) is 8.40. The molecule has 1 aromatic rings. The molecule has 144 valence electrons. The summed E-state index contributed by atoms with van der Waals surface area (Å²) in [7, 11) is 0. The summed E-state index contributed by atoms with van der Waals surface area (Å²) in [6.07, 6.45) is 3.27. The van der Waals surface area contributed by atoms with Gasteiger partial charge in [-0.2, -0.15) is 0 Å². The maximum Gasteiger partial charge on any atom is 0.227 e. The number of anilines is 1. The van der Waals surface area contributed by atoms with Crippen LogP contribution in [0.1, 0.15) is 65.9 Å². The van der Waals surface area contributed by atoms with Crippen LogP contribution < -0.4 is 5.32 Å². The van der Waals surface area contributed by atoms with Crippen LogP contribution in [-0.4, -0.2) is 29.8 Å². The van der Waals surface area contributed by atoms with Crippen molar-refractivity contribution in [2.45, 2.75) is 65.7 Å². The maximum atomic E-state index is 12.8. The number of nitrogens with one attached hydrogen (secondary N) is 1. The van der Waals surface area contributed by atoms with Gasteiger partial charge in [0.05, 0.1) is 0 Å².